The summed E-state index contributed by atoms with van der Waals surface area (Å²) in [6, 6.07) is 5.39. The minimum Gasteiger partial charge on any atom is -0.307 e. The topological polar surface area (TPSA) is 52.0 Å². The van der Waals surface area contributed by atoms with Gasteiger partial charge in [0.15, 0.2) is 0 Å². The summed E-state index contributed by atoms with van der Waals surface area (Å²) >= 11 is 12.3. The summed E-state index contributed by atoms with van der Waals surface area (Å²) in [4.78, 5) is 10.5. The zero-order valence-corrected chi connectivity index (χ0v) is 11.5. The average molecular weight is 286 g/mol. The predicted octanol–water partition coefficient (Wildman–Crippen LogP) is 2.27. The van der Waals surface area contributed by atoms with Crippen molar-refractivity contribution < 1.29 is 0 Å². The zero-order valence-electron chi connectivity index (χ0n) is 10.0. The van der Waals surface area contributed by atoms with Gasteiger partial charge in [0.2, 0.25) is 5.96 Å². The van der Waals surface area contributed by atoms with Crippen molar-refractivity contribution in [3.8, 4) is 0 Å². The third kappa shape index (κ3) is 2.58. The highest BCUT2D eigenvalue weighted by Crippen LogP contribution is 2.34. The number of amidine groups is 1. The number of aliphatic imine (C=N–C) groups is 2. The number of anilines is 1. The van der Waals surface area contributed by atoms with Crippen LogP contribution >= 0.6 is 23.2 Å². The normalized spacial score (nSPS) is 15.2. The first-order chi connectivity index (χ1) is 8.63. The molecule has 0 radical (unpaired) electrons. The molecule has 0 aliphatic carbocycles. The third-order valence-electron chi connectivity index (χ3n) is 2.46. The summed E-state index contributed by atoms with van der Waals surface area (Å²) in [5, 5.41) is 1.16. The Morgan fingerprint density at radius 2 is 1.94 bits per heavy atom. The van der Waals surface area contributed by atoms with Crippen LogP contribution in [0.5, 0.6) is 0 Å². The maximum Gasteiger partial charge on any atom is 0.236 e. The molecular weight excluding hydrogens is 273 g/mol. The third-order valence-corrected chi connectivity index (χ3v) is 3.07. The molecule has 2 N–H and O–H groups in total. The number of halogens is 2. The number of rotatable bonds is 2. The molecule has 7 heteroatoms. The molecule has 0 saturated carbocycles. The van der Waals surface area contributed by atoms with E-state index in [1.807, 2.05) is 17.9 Å². The van der Waals surface area contributed by atoms with E-state index in [9.17, 15) is 0 Å². The number of guanidine groups is 1. The van der Waals surface area contributed by atoms with Crippen LogP contribution in [-0.4, -0.2) is 25.5 Å². The molecule has 0 atom stereocenters. The van der Waals surface area contributed by atoms with Gasteiger partial charge in [0, 0.05) is 7.05 Å². The van der Waals surface area contributed by atoms with E-state index in [-0.39, 0.29) is 0 Å². The molecule has 0 amide bonds. The van der Waals surface area contributed by atoms with Crippen molar-refractivity contribution in [3.05, 3.63) is 28.2 Å². The number of para-hydroxylation sites is 1. The highest BCUT2D eigenvalue weighted by atomic mass is 35.5. The summed E-state index contributed by atoms with van der Waals surface area (Å²) < 4.78 is 0. The number of benzene rings is 1. The lowest BCUT2D eigenvalue weighted by molar-refractivity contribution is 0.750. The van der Waals surface area contributed by atoms with Gasteiger partial charge in [-0.05, 0) is 19.1 Å². The van der Waals surface area contributed by atoms with Crippen molar-refractivity contribution >= 4 is 40.7 Å². The predicted molar refractivity (Wildman–Crippen MR) is 76.5 cm³/mol. The first-order valence-electron chi connectivity index (χ1n) is 5.37. The van der Waals surface area contributed by atoms with E-state index in [2.05, 4.69) is 20.8 Å². The summed E-state index contributed by atoms with van der Waals surface area (Å²) in [5.74, 6) is 1.31. The first kappa shape index (κ1) is 13.1. The molecule has 18 heavy (non-hydrogen) atoms. The fourth-order valence-corrected chi connectivity index (χ4v) is 2.25. The highest BCUT2D eigenvalue weighted by molar-refractivity contribution is 6.40. The van der Waals surface area contributed by atoms with Gasteiger partial charge in [0.05, 0.1) is 15.7 Å². The van der Waals surface area contributed by atoms with Crippen LogP contribution in [0.15, 0.2) is 28.2 Å². The van der Waals surface area contributed by atoms with E-state index in [1.54, 1.807) is 19.2 Å². The summed E-state index contributed by atoms with van der Waals surface area (Å²) in [7, 11) is 1.75. The molecule has 1 aromatic carbocycles. The molecule has 0 fully saturated rings. The maximum absolute atomic E-state index is 6.17. The van der Waals surface area contributed by atoms with E-state index in [1.165, 1.54) is 0 Å². The van der Waals surface area contributed by atoms with Crippen molar-refractivity contribution in [2.75, 3.05) is 18.6 Å². The molecule has 0 unspecified atom stereocenters. The Labute approximate surface area is 115 Å². The van der Waals surface area contributed by atoms with E-state index in [0.717, 1.165) is 11.5 Å². The quantitative estimate of drug-likeness (QED) is 0.820. The molecule has 1 aliphatic rings. The highest BCUT2D eigenvalue weighted by Gasteiger charge is 2.19. The Kier molecular flexibility index (Phi) is 4.06. The van der Waals surface area contributed by atoms with Crippen LogP contribution in [-0.2, 0) is 0 Å². The fraction of sp³-hybridized carbons (Fsp3) is 0.273. The molecule has 2 rings (SSSR count). The second-order valence-corrected chi connectivity index (χ2v) is 4.47. The second-order valence-electron chi connectivity index (χ2n) is 3.66. The van der Waals surface area contributed by atoms with Crippen LogP contribution in [0.25, 0.3) is 0 Å². The Bertz CT molecular complexity index is 492. The molecule has 0 bridgehead atoms. The van der Waals surface area contributed by atoms with Crippen molar-refractivity contribution in [1.82, 2.24) is 10.9 Å². The Balaban J connectivity index is 2.30. The lowest BCUT2D eigenvalue weighted by Crippen LogP contribution is -2.41. The van der Waals surface area contributed by atoms with Crippen LogP contribution in [0.2, 0.25) is 10.0 Å². The van der Waals surface area contributed by atoms with Crippen LogP contribution in [0, 0.1) is 0 Å². The molecule has 1 aromatic rings. The van der Waals surface area contributed by atoms with Crippen LogP contribution in [0.3, 0.4) is 0 Å². The number of hydrogen-bond acceptors (Lipinski definition) is 5. The molecule has 0 spiro atoms. The Hall–Kier alpha value is -1.30. The van der Waals surface area contributed by atoms with Crippen LogP contribution < -0.4 is 15.8 Å². The summed E-state index contributed by atoms with van der Waals surface area (Å²) in [5.41, 5.74) is 6.34. The van der Waals surface area contributed by atoms with Gasteiger partial charge >= 0.3 is 0 Å². The van der Waals surface area contributed by atoms with Gasteiger partial charge in [-0.3, -0.25) is 5.43 Å². The fourth-order valence-electron chi connectivity index (χ4n) is 1.65. The molecule has 1 heterocycles. The van der Waals surface area contributed by atoms with Crippen molar-refractivity contribution in [1.29, 1.82) is 0 Å². The van der Waals surface area contributed by atoms with E-state index in [4.69, 9.17) is 23.2 Å². The van der Waals surface area contributed by atoms with Crippen LogP contribution in [0.1, 0.15) is 6.92 Å². The summed E-state index contributed by atoms with van der Waals surface area (Å²) in [6.07, 6.45) is 0. The van der Waals surface area contributed by atoms with Gasteiger partial charge < -0.3 is 4.90 Å². The number of hydrogen-bond donors (Lipinski definition) is 2. The van der Waals surface area contributed by atoms with Gasteiger partial charge in [0.1, 0.15) is 12.5 Å². The van der Waals surface area contributed by atoms with Gasteiger partial charge in [0.25, 0.3) is 0 Å². The average Bonchev–Trinajstić information content (AvgIpc) is 2.32. The van der Waals surface area contributed by atoms with Crippen molar-refractivity contribution in [2.45, 2.75) is 6.92 Å². The minimum atomic E-state index is 0.419. The van der Waals surface area contributed by atoms with E-state index in [0.29, 0.717) is 22.7 Å². The number of nitrogens with zero attached hydrogens (tertiary/aromatic N) is 3. The van der Waals surface area contributed by atoms with Gasteiger partial charge in [-0.15, -0.1) is 0 Å². The van der Waals surface area contributed by atoms with Crippen molar-refractivity contribution in [3.63, 3.8) is 0 Å². The Morgan fingerprint density at radius 3 is 2.50 bits per heavy atom. The molecule has 0 aromatic heterocycles. The second kappa shape index (κ2) is 5.56. The molecule has 0 saturated heterocycles. The van der Waals surface area contributed by atoms with Gasteiger partial charge in [-0.2, -0.15) is 4.99 Å². The van der Waals surface area contributed by atoms with E-state index >= 15 is 0 Å². The standard InChI is InChI=1S/C11H13Cl2N5/c1-7-16-11(17-14-2)15-6-18(7)10-8(12)4-3-5-9(10)13/h3-5,14H,6H2,1-2H3,(H,15,17). The molecule has 5 nitrogen and oxygen atoms in total. The van der Waals surface area contributed by atoms with Crippen LogP contribution in [0.4, 0.5) is 5.69 Å². The maximum atomic E-state index is 6.17. The minimum absolute atomic E-state index is 0.419. The van der Waals surface area contributed by atoms with Gasteiger partial charge in [-0.1, -0.05) is 29.3 Å². The SMILES string of the molecule is CNNC1=NCN(c2c(Cl)cccc2Cl)C(C)=N1. The van der Waals surface area contributed by atoms with Crippen molar-refractivity contribution in [2.24, 2.45) is 9.98 Å². The summed E-state index contributed by atoms with van der Waals surface area (Å²) in [6.45, 7) is 2.30. The van der Waals surface area contributed by atoms with E-state index < -0.39 is 0 Å². The van der Waals surface area contributed by atoms with Gasteiger partial charge in [-0.25, -0.2) is 10.4 Å². The monoisotopic (exact) mass is 285 g/mol. The molecular formula is C11H13Cl2N5. The number of nitrogens with one attached hydrogen (secondary N) is 2. The zero-order chi connectivity index (χ0) is 13.1. The smallest absolute Gasteiger partial charge is 0.236 e. The number of hydrazine groups is 1. The first-order valence-corrected chi connectivity index (χ1v) is 6.13. The lowest BCUT2D eigenvalue weighted by Gasteiger charge is -2.27. The lowest BCUT2D eigenvalue weighted by atomic mass is 10.3. The Morgan fingerprint density at radius 1 is 1.28 bits per heavy atom. The molecule has 1 aliphatic heterocycles. The largest absolute Gasteiger partial charge is 0.307 e. The molecule has 96 valence electrons.